The molecule has 0 aliphatic rings. The lowest BCUT2D eigenvalue weighted by Gasteiger charge is -2.16. The lowest BCUT2D eigenvalue weighted by Crippen LogP contribution is -2.26. The van der Waals surface area contributed by atoms with Gasteiger partial charge >= 0.3 is 0 Å². The molecule has 1 aromatic heterocycles. The number of nitrogens with zero attached hydrogens (tertiary/aromatic N) is 3. The molecule has 0 unspecified atom stereocenters. The highest BCUT2D eigenvalue weighted by molar-refractivity contribution is 5.91. The maximum absolute atomic E-state index is 12.9. The molecule has 3 aromatic rings. The molecule has 0 radical (unpaired) electrons. The minimum absolute atomic E-state index is 0.160. The van der Waals surface area contributed by atoms with Crippen LogP contribution in [0.2, 0.25) is 0 Å². The van der Waals surface area contributed by atoms with E-state index in [1.165, 1.54) is 11.1 Å². The maximum atomic E-state index is 12.9. The highest BCUT2D eigenvalue weighted by atomic mass is 16.2. The summed E-state index contributed by atoms with van der Waals surface area (Å²) in [5, 5.41) is 2.82. The van der Waals surface area contributed by atoms with Gasteiger partial charge in [0, 0.05) is 26.6 Å². The van der Waals surface area contributed by atoms with Gasteiger partial charge in [0.05, 0.1) is 11.4 Å². The molecule has 1 N–H and O–H groups in total. The van der Waals surface area contributed by atoms with Gasteiger partial charge in [0.15, 0.2) is 0 Å². The Hall–Kier alpha value is -3.12. The minimum Gasteiger partial charge on any atom is -0.320 e. The number of nitrogens with one attached hydrogen (secondary N) is 1. The molecular formula is C23H28N4O2. The van der Waals surface area contributed by atoms with Crippen LogP contribution in [-0.2, 0) is 18.4 Å². The lowest BCUT2D eigenvalue weighted by atomic mass is 10.1. The van der Waals surface area contributed by atoms with Gasteiger partial charge in [-0.3, -0.25) is 14.3 Å². The average molecular weight is 393 g/mol. The second-order valence-corrected chi connectivity index (χ2v) is 7.46. The van der Waals surface area contributed by atoms with Crippen LogP contribution in [0.3, 0.4) is 0 Å². The van der Waals surface area contributed by atoms with E-state index in [-0.39, 0.29) is 11.5 Å². The summed E-state index contributed by atoms with van der Waals surface area (Å²) in [6.45, 7) is 5.28. The average Bonchev–Trinajstić information content (AvgIpc) is 2.92. The van der Waals surface area contributed by atoms with Gasteiger partial charge in [-0.1, -0.05) is 48.0 Å². The molecular weight excluding hydrogens is 364 g/mol. The smallest absolute Gasteiger partial charge is 0.295 e. The van der Waals surface area contributed by atoms with Crippen molar-refractivity contribution < 1.29 is 4.79 Å². The van der Waals surface area contributed by atoms with Gasteiger partial charge in [-0.2, -0.15) is 0 Å². The number of para-hydroxylation sites is 1. The number of hydrogen-bond donors (Lipinski definition) is 1. The Labute approximate surface area is 171 Å². The molecule has 6 heteroatoms. The first-order valence-corrected chi connectivity index (χ1v) is 9.75. The summed E-state index contributed by atoms with van der Waals surface area (Å²) in [6, 6.07) is 17.8. The molecule has 0 saturated heterocycles. The van der Waals surface area contributed by atoms with E-state index in [1.807, 2.05) is 51.4 Å². The Kier molecular flexibility index (Phi) is 6.34. The monoisotopic (exact) mass is 392 g/mol. The molecule has 3 rings (SSSR count). The molecule has 1 amide bonds. The van der Waals surface area contributed by atoms with Crippen LogP contribution in [0, 0.1) is 13.8 Å². The van der Waals surface area contributed by atoms with Crippen molar-refractivity contribution >= 4 is 11.6 Å². The van der Waals surface area contributed by atoms with E-state index < -0.39 is 0 Å². The molecule has 29 heavy (non-hydrogen) atoms. The summed E-state index contributed by atoms with van der Waals surface area (Å²) in [5.41, 5.74) is 4.04. The summed E-state index contributed by atoms with van der Waals surface area (Å²) < 4.78 is 3.32. The fourth-order valence-electron chi connectivity index (χ4n) is 3.29. The normalized spacial score (nSPS) is 11.1. The number of aromatic nitrogens is 2. The Morgan fingerprint density at radius 3 is 2.34 bits per heavy atom. The Morgan fingerprint density at radius 2 is 1.69 bits per heavy atom. The number of rotatable bonds is 7. The maximum Gasteiger partial charge on any atom is 0.295 e. The van der Waals surface area contributed by atoms with Crippen molar-refractivity contribution in [2.75, 3.05) is 18.9 Å². The Morgan fingerprint density at radius 1 is 1.03 bits per heavy atom. The van der Waals surface area contributed by atoms with E-state index in [1.54, 1.807) is 9.36 Å². The topological polar surface area (TPSA) is 59.3 Å². The third kappa shape index (κ3) is 4.84. The highest BCUT2D eigenvalue weighted by Crippen LogP contribution is 2.14. The third-order valence-electron chi connectivity index (χ3n) is 5.11. The quantitative estimate of drug-likeness (QED) is 0.671. The standard InChI is InChI=1S/C23H28N4O2/c1-17-10-12-19(13-11-17)16-25(3)15-14-21(28)24-22-18(2)26(4)27(23(22)29)20-8-6-5-7-9-20/h5-13H,14-16H2,1-4H3,(H,24,28). The number of aryl methyl sites for hydroxylation is 1. The van der Waals surface area contributed by atoms with Crippen LogP contribution in [0.15, 0.2) is 59.4 Å². The van der Waals surface area contributed by atoms with Crippen molar-refractivity contribution in [3.8, 4) is 5.69 Å². The van der Waals surface area contributed by atoms with Gasteiger partial charge < -0.3 is 10.2 Å². The predicted molar refractivity (Wildman–Crippen MR) is 117 cm³/mol. The summed E-state index contributed by atoms with van der Waals surface area (Å²) >= 11 is 0. The largest absolute Gasteiger partial charge is 0.320 e. The number of carbonyl (C=O) groups excluding carboxylic acids is 1. The molecule has 0 saturated carbocycles. The van der Waals surface area contributed by atoms with Crippen molar-refractivity contribution in [3.05, 3.63) is 81.8 Å². The highest BCUT2D eigenvalue weighted by Gasteiger charge is 2.18. The van der Waals surface area contributed by atoms with Gasteiger partial charge in [0.25, 0.3) is 5.56 Å². The van der Waals surface area contributed by atoms with Crippen LogP contribution in [-0.4, -0.2) is 33.8 Å². The first kappa shape index (κ1) is 20.6. The van der Waals surface area contributed by atoms with Gasteiger partial charge in [-0.15, -0.1) is 0 Å². The molecule has 0 bridgehead atoms. The van der Waals surface area contributed by atoms with Crippen molar-refractivity contribution in [2.24, 2.45) is 7.05 Å². The fraction of sp³-hybridized carbons (Fsp3) is 0.304. The molecule has 6 nitrogen and oxygen atoms in total. The van der Waals surface area contributed by atoms with E-state index in [0.717, 1.165) is 17.9 Å². The van der Waals surface area contributed by atoms with Crippen LogP contribution in [0.1, 0.15) is 23.2 Å². The molecule has 0 spiro atoms. The van der Waals surface area contributed by atoms with E-state index in [4.69, 9.17) is 0 Å². The summed E-state index contributed by atoms with van der Waals surface area (Å²) in [7, 11) is 3.80. The van der Waals surface area contributed by atoms with Crippen molar-refractivity contribution in [3.63, 3.8) is 0 Å². The van der Waals surface area contributed by atoms with E-state index in [0.29, 0.717) is 18.7 Å². The molecule has 0 aliphatic heterocycles. The number of carbonyl (C=O) groups is 1. The van der Waals surface area contributed by atoms with Crippen LogP contribution < -0.4 is 10.9 Å². The molecule has 0 atom stereocenters. The van der Waals surface area contributed by atoms with E-state index in [9.17, 15) is 9.59 Å². The zero-order valence-electron chi connectivity index (χ0n) is 17.5. The summed E-state index contributed by atoms with van der Waals surface area (Å²) in [5.74, 6) is -0.160. The van der Waals surface area contributed by atoms with Crippen molar-refractivity contribution in [2.45, 2.75) is 26.8 Å². The third-order valence-corrected chi connectivity index (χ3v) is 5.11. The number of amides is 1. The van der Waals surface area contributed by atoms with Crippen molar-refractivity contribution in [1.29, 1.82) is 0 Å². The van der Waals surface area contributed by atoms with Crippen molar-refractivity contribution in [1.82, 2.24) is 14.3 Å². The van der Waals surface area contributed by atoms with E-state index >= 15 is 0 Å². The molecule has 1 heterocycles. The molecule has 0 aliphatic carbocycles. The second kappa shape index (κ2) is 8.92. The number of benzene rings is 2. The number of hydrogen-bond acceptors (Lipinski definition) is 3. The molecule has 152 valence electrons. The SMILES string of the molecule is Cc1ccc(CN(C)CCC(=O)Nc2c(C)n(C)n(-c3ccccc3)c2=O)cc1. The van der Waals surface area contributed by atoms with Gasteiger partial charge in [-0.25, -0.2) is 4.68 Å². The molecule has 0 fully saturated rings. The van der Waals surface area contributed by atoms with Crippen LogP contribution in [0.4, 0.5) is 5.69 Å². The Bertz CT molecular complexity index is 1030. The van der Waals surface area contributed by atoms with Gasteiger partial charge in [0.2, 0.25) is 5.91 Å². The lowest BCUT2D eigenvalue weighted by molar-refractivity contribution is -0.116. The Balaban J connectivity index is 1.63. The minimum atomic E-state index is -0.224. The first-order valence-electron chi connectivity index (χ1n) is 9.75. The molecule has 2 aromatic carbocycles. The zero-order valence-corrected chi connectivity index (χ0v) is 17.5. The first-order chi connectivity index (χ1) is 13.9. The van der Waals surface area contributed by atoms with Gasteiger partial charge in [-0.05, 0) is 38.6 Å². The number of anilines is 1. The summed E-state index contributed by atoms with van der Waals surface area (Å²) in [4.78, 5) is 27.5. The van der Waals surface area contributed by atoms with Crippen LogP contribution >= 0.6 is 0 Å². The second-order valence-electron chi connectivity index (χ2n) is 7.46. The predicted octanol–water partition coefficient (Wildman–Crippen LogP) is 3.25. The van der Waals surface area contributed by atoms with Crippen LogP contribution in [0.25, 0.3) is 5.69 Å². The van der Waals surface area contributed by atoms with Crippen LogP contribution in [0.5, 0.6) is 0 Å². The van der Waals surface area contributed by atoms with Gasteiger partial charge in [0.1, 0.15) is 5.69 Å². The van der Waals surface area contributed by atoms with E-state index in [2.05, 4.69) is 41.4 Å². The fourth-order valence-corrected chi connectivity index (χ4v) is 3.29. The summed E-state index contributed by atoms with van der Waals surface area (Å²) in [6.07, 6.45) is 0.321. The zero-order chi connectivity index (χ0) is 21.0.